The molecule has 0 aliphatic heterocycles. The molecule has 0 radical (unpaired) electrons. The number of hydrogen-bond donors (Lipinski definition) is 2. The summed E-state index contributed by atoms with van der Waals surface area (Å²) in [5, 5.41) is 11.7. The van der Waals surface area contributed by atoms with Gasteiger partial charge in [0, 0.05) is 24.5 Å². The molecule has 0 aliphatic carbocycles. The van der Waals surface area contributed by atoms with Gasteiger partial charge < -0.3 is 15.3 Å². The van der Waals surface area contributed by atoms with Gasteiger partial charge in [-0.3, -0.25) is 0 Å². The van der Waals surface area contributed by atoms with Crippen LogP contribution >= 0.6 is 22.9 Å². The van der Waals surface area contributed by atoms with E-state index in [9.17, 15) is 4.79 Å². The van der Waals surface area contributed by atoms with E-state index in [1.165, 1.54) is 11.3 Å². The molecule has 1 aromatic rings. The molecule has 0 aliphatic rings. The van der Waals surface area contributed by atoms with Crippen LogP contribution in [-0.4, -0.2) is 42.3 Å². The zero-order valence-corrected chi connectivity index (χ0v) is 12.1. The summed E-state index contributed by atoms with van der Waals surface area (Å²) >= 11 is 7.36. The lowest BCUT2D eigenvalue weighted by Gasteiger charge is -2.21. The molecule has 2 N–H and O–H groups in total. The van der Waals surface area contributed by atoms with E-state index in [1.54, 1.807) is 4.90 Å². The lowest BCUT2D eigenvalue weighted by molar-refractivity contribution is 0.177. The van der Waals surface area contributed by atoms with Crippen molar-refractivity contribution >= 4 is 29.0 Å². The fraction of sp³-hybridized carbons (Fsp3) is 0.583. The highest BCUT2D eigenvalue weighted by atomic mass is 35.5. The molecule has 18 heavy (non-hydrogen) atoms. The SMILES string of the molecule is CCCN(CCO)C(=O)NCCc1ccc(Cl)s1. The van der Waals surface area contributed by atoms with Crippen molar-refractivity contribution < 1.29 is 9.90 Å². The van der Waals surface area contributed by atoms with Crippen molar-refractivity contribution in [3.05, 3.63) is 21.3 Å². The van der Waals surface area contributed by atoms with Gasteiger partial charge >= 0.3 is 6.03 Å². The van der Waals surface area contributed by atoms with Gasteiger partial charge in [0.2, 0.25) is 0 Å². The summed E-state index contributed by atoms with van der Waals surface area (Å²) in [6, 6.07) is 3.71. The third-order valence-corrected chi connectivity index (χ3v) is 3.72. The predicted octanol–water partition coefficient (Wildman–Crippen LogP) is 2.36. The summed E-state index contributed by atoms with van der Waals surface area (Å²) in [6.45, 7) is 3.63. The first-order valence-electron chi connectivity index (χ1n) is 6.05. The van der Waals surface area contributed by atoms with E-state index in [-0.39, 0.29) is 12.6 Å². The summed E-state index contributed by atoms with van der Waals surface area (Å²) in [5.74, 6) is 0. The minimum absolute atomic E-state index is 0.00600. The third-order valence-electron chi connectivity index (χ3n) is 2.43. The minimum atomic E-state index is -0.117. The number of carbonyl (C=O) groups excluding carboxylic acids is 1. The Hall–Kier alpha value is -0.780. The molecule has 0 bridgehead atoms. The minimum Gasteiger partial charge on any atom is -0.395 e. The Bertz CT molecular complexity index is 365. The Balaban J connectivity index is 2.30. The Kier molecular flexibility index (Phi) is 7.08. The lowest BCUT2D eigenvalue weighted by Crippen LogP contribution is -2.42. The van der Waals surface area contributed by atoms with Crippen molar-refractivity contribution in [2.45, 2.75) is 19.8 Å². The van der Waals surface area contributed by atoms with Crippen LogP contribution in [0.4, 0.5) is 4.79 Å². The molecule has 2 amide bonds. The standard InChI is InChI=1S/C12H19ClN2O2S/c1-2-7-15(8-9-16)12(17)14-6-5-10-3-4-11(13)18-10/h3-4,16H,2,5-9H2,1H3,(H,14,17). The van der Waals surface area contributed by atoms with Crippen LogP contribution in [0.2, 0.25) is 4.34 Å². The number of urea groups is 1. The molecule has 0 saturated carbocycles. The number of nitrogens with one attached hydrogen (secondary N) is 1. The molecular formula is C12H19ClN2O2S. The van der Waals surface area contributed by atoms with Gasteiger partial charge in [-0.15, -0.1) is 11.3 Å². The number of nitrogens with zero attached hydrogens (tertiary/aromatic N) is 1. The van der Waals surface area contributed by atoms with E-state index < -0.39 is 0 Å². The van der Waals surface area contributed by atoms with Crippen LogP contribution in [0.25, 0.3) is 0 Å². The molecule has 1 heterocycles. The van der Waals surface area contributed by atoms with Gasteiger partial charge in [0.1, 0.15) is 0 Å². The highest BCUT2D eigenvalue weighted by Gasteiger charge is 2.10. The number of halogens is 1. The summed E-state index contributed by atoms with van der Waals surface area (Å²) < 4.78 is 0.768. The summed E-state index contributed by atoms with van der Waals surface area (Å²) in [7, 11) is 0. The van der Waals surface area contributed by atoms with E-state index in [1.807, 2.05) is 19.1 Å². The highest BCUT2D eigenvalue weighted by Crippen LogP contribution is 2.21. The molecule has 0 atom stereocenters. The quantitative estimate of drug-likeness (QED) is 0.810. The van der Waals surface area contributed by atoms with Crippen LogP contribution in [0.1, 0.15) is 18.2 Å². The van der Waals surface area contributed by atoms with Crippen LogP contribution in [-0.2, 0) is 6.42 Å². The summed E-state index contributed by atoms with van der Waals surface area (Å²) in [4.78, 5) is 14.6. The topological polar surface area (TPSA) is 52.6 Å². The number of aliphatic hydroxyl groups excluding tert-OH is 1. The number of thiophene rings is 1. The van der Waals surface area contributed by atoms with Crippen LogP contribution < -0.4 is 5.32 Å². The van der Waals surface area contributed by atoms with E-state index in [2.05, 4.69) is 5.32 Å². The molecule has 6 heteroatoms. The van der Waals surface area contributed by atoms with Gasteiger partial charge in [-0.1, -0.05) is 18.5 Å². The first kappa shape index (κ1) is 15.3. The first-order valence-corrected chi connectivity index (χ1v) is 7.24. The fourth-order valence-corrected chi connectivity index (χ4v) is 2.68. The van der Waals surface area contributed by atoms with Crippen LogP contribution in [0.15, 0.2) is 12.1 Å². The molecular weight excluding hydrogens is 272 g/mol. The maximum Gasteiger partial charge on any atom is 0.317 e. The summed E-state index contributed by atoms with van der Waals surface area (Å²) in [6.07, 6.45) is 1.66. The van der Waals surface area contributed by atoms with Gasteiger partial charge in [0.15, 0.2) is 0 Å². The van der Waals surface area contributed by atoms with Gasteiger partial charge in [0.25, 0.3) is 0 Å². The highest BCUT2D eigenvalue weighted by molar-refractivity contribution is 7.16. The molecule has 0 fully saturated rings. The molecule has 0 unspecified atom stereocenters. The van der Waals surface area contributed by atoms with Gasteiger partial charge in [-0.05, 0) is 25.0 Å². The molecule has 0 aromatic carbocycles. The third kappa shape index (κ3) is 5.25. The van der Waals surface area contributed by atoms with Crippen molar-refractivity contribution in [3.8, 4) is 0 Å². The average molecular weight is 291 g/mol. The van der Waals surface area contributed by atoms with E-state index in [0.29, 0.717) is 19.6 Å². The van der Waals surface area contributed by atoms with Crippen molar-refractivity contribution in [2.75, 3.05) is 26.2 Å². The Morgan fingerprint density at radius 1 is 1.50 bits per heavy atom. The van der Waals surface area contributed by atoms with Crippen molar-refractivity contribution in [1.29, 1.82) is 0 Å². The normalized spacial score (nSPS) is 10.4. The van der Waals surface area contributed by atoms with Gasteiger partial charge in [-0.25, -0.2) is 4.79 Å². The van der Waals surface area contributed by atoms with Crippen LogP contribution in [0.5, 0.6) is 0 Å². The maximum atomic E-state index is 11.8. The second-order valence-corrected chi connectivity index (χ2v) is 5.70. The Morgan fingerprint density at radius 3 is 2.83 bits per heavy atom. The molecule has 4 nitrogen and oxygen atoms in total. The predicted molar refractivity (Wildman–Crippen MR) is 75.4 cm³/mol. The number of hydrogen-bond acceptors (Lipinski definition) is 3. The molecule has 1 rings (SSSR count). The zero-order valence-electron chi connectivity index (χ0n) is 10.5. The number of aliphatic hydroxyl groups is 1. The van der Waals surface area contributed by atoms with E-state index in [4.69, 9.17) is 16.7 Å². The van der Waals surface area contributed by atoms with E-state index in [0.717, 1.165) is 22.1 Å². The lowest BCUT2D eigenvalue weighted by atomic mass is 10.3. The van der Waals surface area contributed by atoms with Crippen LogP contribution in [0, 0.1) is 0 Å². The second kappa shape index (κ2) is 8.34. The van der Waals surface area contributed by atoms with E-state index >= 15 is 0 Å². The molecule has 1 aromatic heterocycles. The first-order chi connectivity index (χ1) is 8.67. The second-order valence-electron chi connectivity index (χ2n) is 3.90. The largest absolute Gasteiger partial charge is 0.395 e. The average Bonchev–Trinajstić information content (AvgIpc) is 2.75. The number of amides is 2. The fourth-order valence-electron chi connectivity index (χ4n) is 1.60. The Morgan fingerprint density at radius 2 is 2.28 bits per heavy atom. The van der Waals surface area contributed by atoms with Gasteiger partial charge in [-0.2, -0.15) is 0 Å². The van der Waals surface area contributed by atoms with Crippen LogP contribution in [0.3, 0.4) is 0 Å². The molecule has 0 spiro atoms. The number of carbonyl (C=O) groups is 1. The zero-order chi connectivity index (χ0) is 13.4. The maximum absolute atomic E-state index is 11.8. The summed E-state index contributed by atoms with van der Waals surface area (Å²) in [5.41, 5.74) is 0. The molecule has 0 saturated heterocycles. The van der Waals surface area contributed by atoms with Crippen molar-refractivity contribution in [3.63, 3.8) is 0 Å². The van der Waals surface area contributed by atoms with Crippen molar-refractivity contribution in [1.82, 2.24) is 10.2 Å². The monoisotopic (exact) mass is 290 g/mol. The Labute approximate surface area is 117 Å². The number of rotatable bonds is 7. The smallest absolute Gasteiger partial charge is 0.317 e. The van der Waals surface area contributed by atoms with Crippen molar-refractivity contribution in [2.24, 2.45) is 0 Å². The molecule has 102 valence electrons. The van der Waals surface area contributed by atoms with Gasteiger partial charge in [0.05, 0.1) is 10.9 Å².